The summed E-state index contributed by atoms with van der Waals surface area (Å²) in [7, 11) is 0. The average molecular weight is 275 g/mol. The van der Waals surface area contributed by atoms with E-state index in [0.717, 1.165) is 5.56 Å². The first-order chi connectivity index (χ1) is 9.08. The Bertz CT molecular complexity index is 614. The first-order valence-electron chi connectivity index (χ1n) is 5.81. The van der Waals surface area contributed by atoms with Crippen LogP contribution in [0.2, 0.25) is 5.02 Å². The molecule has 2 aromatic carbocycles. The Kier molecular flexibility index (Phi) is 4.03. The van der Waals surface area contributed by atoms with Gasteiger partial charge in [-0.25, -0.2) is 4.39 Å². The maximum atomic E-state index is 13.2. The molecule has 0 aliphatic heterocycles. The summed E-state index contributed by atoms with van der Waals surface area (Å²) in [6.07, 6.45) is 0. The number of hydrogen-bond acceptors (Lipinski definition) is 2. The largest absolute Gasteiger partial charge is 0.378 e. The van der Waals surface area contributed by atoms with Crippen LogP contribution >= 0.6 is 11.6 Å². The second kappa shape index (κ2) is 5.73. The normalized spacial score (nSPS) is 11.7. The van der Waals surface area contributed by atoms with E-state index >= 15 is 0 Å². The van der Waals surface area contributed by atoms with Crippen LogP contribution in [0.25, 0.3) is 0 Å². The van der Waals surface area contributed by atoms with E-state index in [1.807, 2.05) is 19.1 Å². The molecule has 0 aliphatic rings. The number of nitrogens with one attached hydrogen (secondary N) is 1. The van der Waals surface area contributed by atoms with Gasteiger partial charge in [-0.1, -0.05) is 23.7 Å². The van der Waals surface area contributed by atoms with Gasteiger partial charge >= 0.3 is 0 Å². The molecule has 0 bridgehead atoms. The van der Waals surface area contributed by atoms with Gasteiger partial charge in [0, 0.05) is 16.8 Å². The minimum absolute atomic E-state index is 0.0498. The van der Waals surface area contributed by atoms with Crippen LogP contribution in [0.4, 0.5) is 10.1 Å². The van der Waals surface area contributed by atoms with Crippen molar-refractivity contribution in [2.45, 2.75) is 13.0 Å². The fourth-order valence-corrected chi connectivity index (χ4v) is 2.07. The Morgan fingerprint density at radius 2 is 2.05 bits per heavy atom. The monoisotopic (exact) mass is 274 g/mol. The van der Waals surface area contributed by atoms with E-state index in [9.17, 15) is 4.39 Å². The zero-order valence-corrected chi connectivity index (χ0v) is 11.1. The van der Waals surface area contributed by atoms with Crippen LogP contribution in [-0.4, -0.2) is 0 Å². The minimum Gasteiger partial charge on any atom is -0.378 e. The molecule has 0 spiro atoms. The highest BCUT2D eigenvalue weighted by Gasteiger charge is 2.07. The zero-order chi connectivity index (χ0) is 13.8. The van der Waals surface area contributed by atoms with Crippen LogP contribution in [0.15, 0.2) is 42.5 Å². The summed E-state index contributed by atoms with van der Waals surface area (Å²) in [5.41, 5.74) is 2.17. The van der Waals surface area contributed by atoms with Gasteiger partial charge in [0.15, 0.2) is 0 Å². The first kappa shape index (κ1) is 13.4. The highest BCUT2D eigenvalue weighted by molar-refractivity contribution is 6.30. The number of rotatable bonds is 3. The van der Waals surface area contributed by atoms with Gasteiger partial charge in [0.25, 0.3) is 0 Å². The van der Waals surface area contributed by atoms with E-state index in [4.69, 9.17) is 16.9 Å². The molecule has 0 saturated carbocycles. The number of anilines is 1. The van der Waals surface area contributed by atoms with Crippen molar-refractivity contribution in [3.8, 4) is 6.07 Å². The lowest BCUT2D eigenvalue weighted by Gasteiger charge is -2.16. The van der Waals surface area contributed by atoms with Gasteiger partial charge in [0.1, 0.15) is 5.82 Å². The second-order valence-corrected chi connectivity index (χ2v) is 4.70. The first-order valence-corrected chi connectivity index (χ1v) is 6.19. The van der Waals surface area contributed by atoms with E-state index in [2.05, 4.69) is 11.4 Å². The number of nitriles is 1. The fourth-order valence-electron chi connectivity index (χ4n) is 1.85. The summed E-state index contributed by atoms with van der Waals surface area (Å²) in [6, 6.07) is 13.6. The van der Waals surface area contributed by atoms with Crippen molar-refractivity contribution in [2.24, 2.45) is 0 Å². The van der Waals surface area contributed by atoms with Crippen LogP contribution in [0, 0.1) is 17.1 Å². The number of nitrogens with zero attached hydrogens (tertiary/aromatic N) is 1. The van der Waals surface area contributed by atoms with Gasteiger partial charge in [0.2, 0.25) is 0 Å². The lowest BCUT2D eigenvalue weighted by molar-refractivity contribution is 0.628. The maximum Gasteiger partial charge on any atom is 0.126 e. The van der Waals surface area contributed by atoms with E-state index in [1.165, 1.54) is 12.1 Å². The van der Waals surface area contributed by atoms with Crippen molar-refractivity contribution in [3.63, 3.8) is 0 Å². The van der Waals surface area contributed by atoms with E-state index in [-0.39, 0.29) is 11.9 Å². The summed E-state index contributed by atoms with van der Waals surface area (Å²) in [5.74, 6) is -0.382. The Hall–Kier alpha value is -2.05. The standard InChI is InChI=1S/C15H12ClFN2/c1-10(12-4-2-3-11(5-12)9-18)19-15-7-13(16)6-14(17)8-15/h2-8,10,19H,1H3. The van der Waals surface area contributed by atoms with E-state index in [1.54, 1.807) is 18.2 Å². The van der Waals surface area contributed by atoms with Gasteiger partial charge < -0.3 is 5.32 Å². The Balaban J connectivity index is 2.20. The summed E-state index contributed by atoms with van der Waals surface area (Å²) < 4.78 is 13.2. The summed E-state index contributed by atoms with van der Waals surface area (Å²) in [6.45, 7) is 1.94. The lowest BCUT2D eigenvalue weighted by atomic mass is 10.1. The molecule has 0 heterocycles. The van der Waals surface area contributed by atoms with Crippen molar-refractivity contribution in [1.82, 2.24) is 0 Å². The van der Waals surface area contributed by atoms with E-state index < -0.39 is 0 Å². The molecule has 2 rings (SSSR count). The lowest BCUT2D eigenvalue weighted by Crippen LogP contribution is -2.07. The molecule has 19 heavy (non-hydrogen) atoms. The number of benzene rings is 2. The summed E-state index contributed by atoms with van der Waals surface area (Å²) in [4.78, 5) is 0. The van der Waals surface area contributed by atoms with Gasteiger partial charge in [0.05, 0.1) is 11.6 Å². The average Bonchev–Trinajstić information content (AvgIpc) is 2.37. The predicted molar refractivity (Wildman–Crippen MR) is 74.6 cm³/mol. The van der Waals surface area contributed by atoms with Crippen LogP contribution in [0.3, 0.4) is 0 Å². The van der Waals surface area contributed by atoms with Crippen LogP contribution in [0.1, 0.15) is 24.1 Å². The molecule has 2 nitrogen and oxygen atoms in total. The Labute approximate surface area is 116 Å². The molecule has 1 atom stereocenters. The summed E-state index contributed by atoms with van der Waals surface area (Å²) in [5, 5.41) is 12.4. The highest BCUT2D eigenvalue weighted by Crippen LogP contribution is 2.23. The quantitative estimate of drug-likeness (QED) is 0.893. The topological polar surface area (TPSA) is 35.8 Å². The Morgan fingerprint density at radius 1 is 1.26 bits per heavy atom. The van der Waals surface area contributed by atoms with Crippen LogP contribution in [0.5, 0.6) is 0 Å². The molecule has 0 saturated heterocycles. The molecular weight excluding hydrogens is 263 g/mol. The van der Waals surface area contributed by atoms with Crippen molar-refractivity contribution < 1.29 is 4.39 Å². The van der Waals surface area contributed by atoms with Gasteiger partial charge in [-0.05, 0) is 42.8 Å². The van der Waals surface area contributed by atoms with Crippen molar-refractivity contribution in [1.29, 1.82) is 5.26 Å². The van der Waals surface area contributed by atoms with Crippen molar-refractivity contribution >= 4 is 17.3 Å². The predicted octanol–water partition coefficient (Wildman–Crippen LogP) is 4.52. The summed E-state index contributed by atoms with van der Waals surface area (Å²) >= 11 is 5.80. The third-order valence-corrected chi connectivity index (χ3v) is 2.98. The third-order valence-electron chi connectivity index (χ3n) is 2.76. The fraction of sp³-hybridized carbons (Fsp3) is 0.133. The molecule has 0 fully saturated rings. The molecule has 0 aliphatic carbocycles. The number of halogens is 2. The van der Waals surface area contributed by atoms with E-state index in [0.29, 0.717) is 16.3 Å². The van der Waals surface area contributed by atoms with Crippen molar-refractivity contribution in [2.75, 3.05) is 5.32 Å². The molecule has 1 N–H and O–H groups in total. The SMILES string of the molecule is CC(Nc1cc(F)cc(Cl)c1)c1cccc(C#N)c1. The number of hydrogen-bond donors (Lipinski definition) is 1. The minimum atomic E-state index is -0.382. The molecule has 4 heteroatoms. The van der Waals surface area contributed by atoms with Crippen molar-refractivity contribution in [3.05, 3.63) is 64.4 Å². The molecule has 1 unspecified atom stereocenters. The molecule has 0 aromatic heterocycles. The molecule has 2 aromatic rings. The molecule has 0 amide bonds. The van der Waals surface area contributed by atoms with Crippen LogP contribution < -0.4 is 5.32 Å². The van der Waals surface area contributed by atoms with Crippen LogP contribution in [-0.2, 0) is 0 Å². The van der Waals surface area contributed by atoms with Gasteiger partial charge in [-0.15, -0.1) is 0 Å². The molecule has 0 radical (unpaired) electrons. The third kappa shape index (κ3) is 3.46. The zero-order valence-electron chi connectivity index (χ0n) is 10.3. The highest BCUT2D eigenvalue weighted by atomic mass is 35.5. The smallest absolute Gasteiger partial charge is 0.126 e. The second-order valence-electron chi connectivity index (χ2n) is 4.26. The van der Waals surface area contributed by atoms with Gasteiger partial charge in [-0.2, -0.15) is 5.26 Å². The maximum absolute atomic E-state index is 13.2. The van der Waals surface area contributed by atoms with Gasteiger partial charge in [-0.3, -0.25) is 0 Å². The molecular formula is C15H12ClFN2. The molecule has 96 valence electrons. The Morgan fingerprint density at radius 3 is 2.74 bits per heavy atom.